The van der Waals surface area contributed by atoms with Crippen LogP contribution in [0, 0.1) is 12.3 Å². The van der Waals surface area contributed by atoms with E-state index in [1.165, 1.54) is 0 Å². The number of rotatable bonds is 3. The van der Waals surface area contributed by atoms with E-state index in [2.05, 4.69) is 5.92 Å². The highest BCUT2D eigenvalue weighted by Gasteiger charge is 2.22. The Morgan fingerprint density at radius 2 is 2.16 bits per heavy atom. The molecule has 1 heterocycles. The van der Waals surface area contributed by atoms with E-state index in [0.29, 0.717) is 16.5 Å². The van der Waals surface area contributed by atoms with Crippen molar-refractivity contribution in [3.63, 3.8) is 0 Å². The molecule has 4 heteroatoms. The number of hydrogen-bond acceptors (Lipinski definition) is 3. The third-order valence-corrected chi connectivity index (χ3v) is 2.86. The van der Waals surface area contributed by atoms with Gasteiger partial charge in [0.2, 0.25) is 0 Å². The van der Waals surface area contributed by atoms with Gasteiger partial charge in [0.1, 0.15) is 0 Å². The molecule has 1 aromatic heterocycles. The van der Waals surface area contributed by atoms with E-state index in [4.69, 9.17) is 11.2 Å². The largest absolute Gasteiger partial charge is 0.460 e. The van der Waals surface area contributed by atoms with Crippen molar-refractivity contribution in [1.82, 2.24) is 4.57 Å². The lowest BCUT2D eigenvalue weighted by atomic mass is 10.1. The number of esters is 1. The molecule has 19 heavy (non-hydrogen) atoms. The Bertz CT molecular complexity index is 704. The summed E-state index contributed by atoms with van der Waals surface area (Å²) in [7, 11) is 1.81. The van der Waals surface area contributed by atoms with Gasteiger partial charge in [-0.25, -0.2) is 4.79 Å². The molecular formula is C15H13NO3. The molecule has 4 nitrogen and oxygen atoms in total. The van der Waals surface area contributed by atoms with Crippen LogP contribution < -0.4 is 0 Å². The Morgan fingerprint density at radius 1 is 1.42 bits per heavy atom. The minimum absolute atomic E-state index is 0.172. The highest BCUT2D eigenvalue weighted by atomic mass is 16.5. The van der Waals surface area contributed by atoms with Crippen LogP contribution in [0.25, 0.3) is 10.9 Å². The lowest BCUT2D eigenvalue weighted by molar-refractivity contribution is -0.137. The molecule has 2 rings (SSSR count). The highest BCUT2D eigenvalue weighted by Crippen LogP contribution is 2.22. The number of ketones is 1. The molecule has 0 fully saturated rings. The van der Waals surface area contributed by atoms with Crippen molar-refractivity contribution in [2.75, 3.05) is 6.61 Å². The molecule has 0 saturated heterocycles. The molecule has 0 amide bonds. The van der Waals surface area contributed by atoms with Gasteiger partial charge < -0.3 is 9.30 Å². The van der Waals surface area contributed by atoms with Crippen molar-refractivity contribution in [2.45, 2.75) is 6.92 Å². The van der Waals surface area contributed by atoms with Crippen molar-refractivity contribution >= 4 is 22.7 Å². The molecule has 96 valence electrons. The van der Waals surface area contributed by atoms with Gasteiger partial charge in [0.15, 0.2) is 0 Å². The van der Waals surface area contributed by atoms with Crippen LogP contribution in [0.4, 0.5) is 0 Å². The molecule has 0 spiro atoms. The van der Waals surface area contributed by atoms with E-state index in [1.807, 2.05) is 6.07 Å². The Morgan fingerprint density at radius 3 is 2.79 bits per heavy atom. The molecule has 0 aliphatic carbocycles. The number of Topliss-reactive ketones (excluding diaryl/α,β-unsaturated/α-hetero) is 1. The van der Waals surface area contributed by atoms with Crippen LogP contribution in [0.1, 0.15) is 22.8 Å². The van der Waals surface area contributed by atoms with Crippen LogP contribution in [0.3, 0.4) is 0 Å². The zero-order valence-corrected chi connectivity index (χ0v) is 10.8. The standard InChI is InChI=1S/C15H13NO3/c1-4-10-6-7-13-11(8-10)12(9-16(13)3)14(17)15(18)19-5-2/h1,6-9H,5H2,2-3H3. The number of benzene rings is 1. The minimum atomic E-state index is -0.846. The summed E-state index contributed by atoms with van der Waals surface area (Å²) in [5.41, 5.74) is 1.82. The maximum atomic E-state index is 12.0. The molecule has 0 atom stereocenters. The number of ether oxygens (including phenoxy) is 1. The maximum Gasteiger partial charge on any atom is 0.379 e. The van der Waals surface area contributed by atoms with Crippen molar-refractivity contribution in [1.29, 1.82) is 0 Å². The Labute approximate surface area is 111 Å². The topological polar surface area (TPSA) is 48.3 Å². The van der Waals surface area contributed by atoms with E-state index in [9.17, 15) is 9.59 Å². The van der Waals surface area contributed by atoms with Gasteiger partial charge in [-0.15, -0.1) is 6.42 Å². The average Bonchev–Trinajstić information content (AvgIpc) is 2.75. The van der Waals surface area contributed by atoms with Gasteiger partial charge in [-0.3, -0.25) is 4.79 Å². The SMILES string of the molecule is C#Cc1ccc2c(c1)c(C(=O)C(=O)OCC)cn2C. The van der Waals surface area contributed by atoms with Gasteiger partial charge in [-0.1, -0.05) is 5.92 Å². The Balaban J connectivity index is 2.58. The van der Waals surface area contributed by atoms with E-state index < -0.39 is 11.8 Å². The number of carbonyl (C=O) groups excluding carboxylic acids is 2. The first-order valence-corrected chi connectivity index (χ1v) is 5.85. The fraction of sp³-hybridized carbons (Fsp3) is 0.200. The van der Waals surface area contributed by atoms with E-state index >= 15 is 0 Å². The van der Waals surface area contributed by atoms with Gasteiger partial charge in [-0.05, 0) is 25.1 Å². The zero-order valence-electron chi connectivity index (χ0n) is 10.8. The first-order chi connectivity index (χ1) is 9.08. The monoisotopic (exact) mass is 255 g/mol. The van der Waals surface area contributed by atoms with Crippen LogP contribution >= 0.6 is 0 Å². The maximum absolute atomic E-state index is 12.0. The fourth-order valence-corrected chi connectivity index (χ4v) is 1.97. The molecule has 0 aliphatic heterocycles. The number of nitrogens with zero attached hydrogens (tertiary/aromatic N) is 1. The molecule has 0 unspecified atom stereocenters. The number of fused-ring (bicyclic) bond motifs is 1. The van der Waals surface area contributed by atoms with Crippen LogP contribution in [-0.2, 0) is 16.6 Å². The molecule has 0 aliphatic rings. The van der Waals surface area contributed by atoms with Crippen molar-refractivity contribution < 1.29 is 14.3 Å². The number of terminal acetylenes is 1. The molecule has 0 radical (unpaired) electrons. The minimum Gasteiger partial charge on any atom is -0.460 e. The smallest absolute Gasteiger partial charge is 0.379 e. The summed E-state index contributed by atoms with van der Waals surface area (Å²) < 4.78 is 6.51. The van der Waals surface area contributed by atoms with E-state index in [1.54, 1.807) is 36.9 Å². The summed E-state index contributed by atoms with van der Waals surface area (Å²) in [6.45, 7) is 1.83. The van der Waals surface area contributed by atoms with Gasteiger partial charge in [-0.2, -0.15) is 0 Å². The van der Waals surface area contributed by atoms with Crippen LogP contribution in [0.2, 0.25) is 0 Å². The Hall–Kier alpha value is -2.54. The van der Waals surface area contributed by atoms with Gasteiger partial charge in [0.05, 0.1) is 12.2 Å². The number of carbonyl (C=O) groups is 2. The number of hydrogen-bond donors (Lipinski definition) is 0. The molecular weight excluding hydrogens is 242 g/mol. The predicted octanol–water partition coefficient (Wildman–Crippen LogP) is 1.91. The number of aryl methyl sites for hydroxylation is 1. The third-order valence-electron chi connectivity index (χ3n) is 2.86. The fourth-order valence-electron chi connectivity index (χ4n) is 1.97. The normalized spacial score (nSPS) is 10.2. The summed E-state index contributed by atoms with van der Waals surface area (Å²) in [6, 6.07) is 5.34. The number of aromatic nitrogens is 1. The first-order valence-electron chi connectivity index (χ1n) is 5.85. The highest BCUT2D eigenvalue weighted by molar-refractivity contribution is 6.43. The third kappa shape index (κ3) is 2.23. The second kappa shape index (κ2) is 4.99. The van der Waals surface area contributed by atoms with Crippen LogP contribution in [0.5, 0.6) is 0 Å². The quantitative estimate of drug-likeness (QED) is 0.364. The lowest BCUT2D eigenvalue weighted by Crippen LogP contribution is -2.17. The summed E-state index contributed by atoms with van der Waals surface area (Å²) in [4.78, 5) is 23.6. The molecule has 0 bridgehead atoms. The summed E-state index contributed by atoms with van der Waals surface area (Å²) in [5.74, 6) is 1.01. The lowest BCUT2D eigenvalue weighted by Gasteiger charge is -2.00. The van der Waals surface area contributed by atoms with Crippen molar-refractivity contribution in [3.05, 3.63) is 35.5 Å². The van der Waals surface area contributed by atoms with Gasteiger partial charge in [0, 0.05) is 29.7 Å². The molecule has 0 saturated carbocycles. The van der Waals surface area contributed by atoms with Crippen LogP contribution in [0.15, 0.2) is 24.4 Å². The van der Waals surface area contributed by atoms with Gasteiger partial charge >= 0.3 is 5.97 Å². The van der Waals surface area contributed by atoms with Crippen molar-refractivity contribution in [3.8, 4) is 12.3 Å². The summed E-state index contributed by atoms with van der Waals surface area (Å²) >= 11 is 0. The van der Waals surface area contributed by atoms with Crippen LogP contribution in [-0.4, -0.2) is 22.9 Å². The summed E-state index contributed by atoms with van der Waals surface area (Å²) in [5, 5.41) is 0.663. The second-order valence-corrected chi connectivity index (χ2v) is 4.08. The Kier molecular flexibility index (Phi) is 3.39. The summed E-state index contributed by atoms with van der Waals surface area (Å²) in [6.07, 6.45) is 6.96. The van der Waals surface area contributed by atoms with Crippen molar-refractivity contribution in [2.24, 2.45) is 7.05 Å². The van der Waals surface area contributed by atoms with E-state index in [0.717, 1.165) is 5.52 Å². The first kappa shape index (κ1) is 12.9. The molecule has 2 aromatic rings. The second-order valence-electron chi connectivity index (χ2n) is 4.08. The molecule has 1 aromatic carbocycles. The molecule has 0 N–H and O–H groups in total. The predicted molar refractivity (Wildman–Crippen MR) is 71.8 cm³/mol. The average molecular weight is 255 g/mol. The zero-order chi connectivity index (χ0) is 14.0. The van der Waals surface area contributed by atoms with Gasteiger partial charge in [0.25, 0.3) is 5.78 Å². The van der Waals surface area contributed by atoms with E-state index in [-0.39, 0.29) is 6.61 Å².